The van der Waals surface area contributed by atoms with Crippen molar-refractivity contribution in [2.75, 3.05) is 32.2 Å². The van der Waals surface area contributed by atoms with Gasteiger partial charge in [0, 0.05) is 24.9 Å². The first-order valence-electron chi connectivity index (χ1n) is 6.50. The molecule has 0 aliphatic carbocycles. The molecule has 0 spiro atoms. The summed E-state index contributed by atoms with van der Waals surface area (Å²) in [4.78, 5) is 0. The standard InChI is InChI=1S/C14H22BrNO3/c1-3-4-7-19-10-12(17)9-16-11-5-6-13(15)14(8-11)18-2/h5-6,8,12,16-17H,3-4,7,9-10H2,1-2H3. The van der Waals surface area contributed by atoms with Gasteiger partial charge in [-0.2, -0.15) is 0 Å². The Labute approximate surface area is 123 Å². The molecular weight excluding hydrogens is 310 g/mol. The van der Waals surface area contributed by atoms with E-state index in [-0.39, 0.29) is 0 Å². The van der Waals surface area contributed by atoms with E-state index in [0.29, 0.717) is 19.8 Å². The van der Waals surface area contributed by atoms with E-state index < -0.39 is 6.10 Å². The number of unbranched alkanes of at least 4 members (excludes halogenated alkanes) is 1. The van der Waals surface area contributed by atoms with E-state index in [9.17, 15) is 5.11 Å². The first-order chi connectivity index (χ1) is 9.17. The summed E-state index contributed by atoms with van der Waals surface area (Å²) in [6.45, 7) is 3.64. The van der Waals surface area contributed by atoms with Crippen LogP contribution in [0.3, 0.4) is 0 Å². The van der Waals surface area contributed by atoms with E-state index in [0.717, 1.165) is 28.8 Å². The third-order valence-electron chi connectivity index (χ3n) is 2.65. The number of hydrogen-bond donors (Lipinski definition) is 2. The van der Waals surface area contributed by atoms with Crippen molar-refractivity contribution in [3.63, 3.8) is 0 Å². The maximum absolute atomic E-state index is 9.76. The summed E-state index contributed by atoms with van der Waals surface area (Å²) in [6.07, 6.45) is 1.63. The number of nitrogens with one attached hydrogen (secondary N) is 1. The van der Waals surface area contributed by atoms with Crippen LogP contribution in [0.4, 0.5) is 5.69 Å². The topological polar surface area (TPSA) is 50.7 Å². The van der Waals surface area contributed by atoms with Gasteiger partial charge in [-0.25, -0.2) is 0 Å². The Morgan fingerprint density at radius 1 is 1.42 bits per heavy atom. The maximum Gasteiger partial charge on any atom is 0.135 e. The van der Waals surface area contributed by atoms with Crippen LogP contribution in [0, 0.1) is 0 Å². The summed E-state index contributed by atoms with van der Waals surface area (Å²) in [5.41, 5.74) is 0.910. The van der Waals surface area contributed by atoms with Gasteiger partial charge in [0.15, 0.2) is 0 Å². The van der Waals surface area contributed by atoms with Gasteiger partial charge in [-0.05, 0) is 34.5 Å². The molecule has 1 aromatic rings. The van der Waals surface area contributed by atoms with Crippen molar-refractivity contribution in [2.24, 2.45) is 0 Å². The Morgan fingerprint density at radius 3 is 2.89 bits per heavy atom. The van der Waals surface area contributed by atoms with Crippen molar-refractivity contribution in [3.05, 3.63) is 22.7 Å². The third-order valence-corrected chi connectivity index (χ3v) is 3.30. The quantitative estimate of drug-likeness (QED) is 0.683. The molecule has 5 heteroatoms. The van der Waals surface area contributed by atoms with Crippen LogP contribution in [0.2, 0.25) is 0 Å². The van der Waals surface area contributed by atoms with Crippen molar-refractivity contribution in [3.8, 4) is 5.75 Å². The normalized spacial score (nSPS) is 12.2. The Hall–Kier alpha value is -0.780. The number of anilines is 1. The molecular formula is C14H22BrNO3. The van der Waals surface area contributed by atoms with Crippen LogP contribution >= 0.6 is 15.9 Å². The highest BCUT2D eigenvalue weighted by Gasteiger charge is 2.06. The zero-order valence-electron chi connectivity index (χ0n) is 11.5. The van der Waals surface area contributed by atoms with E-state index >= 15 is 0 Å². The fourth-order valence-corrected chi connectivity index (χ4v) is 1.94. The van der Waals surface area contributed by atoms with Crippen LogP contribution in [-0.2, 0) is 4.74 Å². The highest BCUT2D eigenvalue weighted by atomic mass is 79.9. The molecule has 0 aliphatic heterocycles. The highest BCUT2D eigenvalue weighted by molar-refractivity contribution is 9.10. The molecule has 0 fully saturated rings. The van der Waals surface area contributed by atoms with Crippen LogP contribution in [0.5, 0.6) is 5.75 Å². The maximum atomic E-state index is 9.76. The lowest BCUT2D eigenvalue weighted by molar-refractivity contribution is 0.0422. The molecule has 0 amide bonds. The number of methoxy groups -OCH3 is 1. The first-order valence-corrected chi connectivity index (χ1v) is 7.30. The lowest BCUT2D eigenvalue weighted by Gasteiger charge is -2.14. The van der Waals surface area contributed by atoms with E-state index in [4.69, 9.17) is 9.47 Å². The molecule has 0 bridgehead atoms. The molecule has 1 rings (SSSR count). The van der Waals surface area contributed by atoms with Crippen LogP contribution in [0.1, 0.15) is 19.8 Å². The lowest BCUT2D eigenvalue weighted by atomic mass is 10.3. The summed E-state index contributed by atoms with van der Waals surface area (Å²) >= 11 is 3.40. The van der Waals surface area contributed by atoms with Crippen LogP contribution in [0.25, 0.3) is 0 Å². The molecule has 0 heterocycles. The van der Waals surface area contributed by atoms with E-state index in [1.807, 2.05) is 18.2 Å². The number of hydrogen-bond acceptors (Lipinski definition) is 4. The Kier molecular flexibility index (Phi) is 7.86. The first kappa shape index (κ1) is 16.3. The van der Waals surface area contributed by atoms with Crippen molar-refractivity contribution in [2.45, 2.75) is 25.9 Å². The second-order valence-corrected chi connectivity index (χ2v) is 5.17. The largest absolute Gasteiger partial charge is 0.495 e. The SMILES string of the molecule is CCCCOCC(O)CNc1ccc(Br)c(OC)c1. The molecule has 0 saturated heterocycles. The number of benzene rings is 1. The number of aliphatic hydroxyl groups is 1. The van der Waals surface area contributed by atoms with Gasteiger partial charge in [-0.15, -0.1) is 0 Å². The molecule has 0 aliphatic rings. The molecule has 108 valence electrons. The van der Waals surface area contributed by atoms with E-state index in [1.54, 1.807) is 7.11 Å². The van der Waals surface area contributed by atoms with Crippen molar-refractivity contribution < 1.29 is 14.6 Å². The Morgan fingerprint density at radius 2 is 2.21 bits per heavy atom. The minimum absolute atomic E-state index is 0.362. The molecule has 1 aromatic carbocycles. The molecule has 2 N–H and O–H groups in total. The summed E-state index contributed by atoms with van der Waals surface area (Å²) in [7, 11) is 1.63. The smallest absolute Gasteiger partial charge is 0.135 e. The molecule has 1 unspecified atom stereocenters. The van der Waals surface area contributed by atoms with Gasteiger partial charge >= 0.3 is 0 Å². The molecule has 19 heavy (non-hydrogen) atoms. The summed E-state index contributed by atoms with van der Waals surface area (Å²) in [6, 6.07) is 5.72. The fraction of sp³-hybridized carbons (Fsp3) is 0.571. The van der Waals surface area contributed by atoms with Gasteiger partial charge in [0.1, 0.15) is 5.75 Å². The second-order valence-electron chi connectivity index (χ2n) is 4.31. The number of rotatable bonds is 9. The number of halogens is 1. The molecule has 0 aromatic heterocycles. The van der Waals surface area contributed by atoms with Crippen LogP contribution in [-0.4, -0.2) is 38.1 Å². The zero-order valence-corrected chi connectivity index (χ0v) is 13.1. The lowest BCUT2D eigenvalue weighted by Crippen LogP contribution is -2.25. The van der Waals surface area contributed by atoms with Gasteiger partial charge in [0.05, 0.1) is 24.3 Å². The molecule has 4 nitrogen and oxygen atoms in total. The Bertz CT molecular complexity index is 374. The van der Waals surface area contributed by atoms with Crippen LogP contribution in [0.15, 0.2) is 22.7 Å². The minimum atomic E-state index is -0.508. The average Bonchev–Trinajstić information content (AvgIpc) is 2.42. The Balaban J connectivity index is 2.31. The monoisotopic (exact) mass is 331 g/mol. The van der Waals surface area contributed by atoms with Crippen molar-refractivity contribution >= 4 is 21.6 Å². The predicted molar refractivity (Wildman–Crippen MR) is 80.9 cm³/mol. The van der Waals surface area contributed by atoms with E-state index in [1.165, 1.54) is 0 Å². The molecule has 0 radical (unpaired) electrons. The summed E-state index contributed by atoms with van der Waals surface area (Å²) in [5, 5.41) is 12.9. The summed E-state index contributed by atoms with van der Waals surface area (Å²) in [5.74, 6) is 0.763. The van der Waals surface area contributed by atoms with Gasteiger partial charge in [0.25, 0.3) is 0 Å². The number of ether oxygens (including phenoxy) is 2. The predicted octanol–water partition coefficient (Wildman–Crippen LogP) is 3.05. The zero-order chi connectivity index (χ0) is 14.1. The van der Waals surface area contributed by atoms with Crippen molar-refractivity contribution in [1.82, 2.24) is 0 Å². The second kappa shape index (κ2) is 9.18. The van der Waals surface area contributed by atoms with Gasteiger partial charge in [-0.3, -0.25) is 0 Å². The number of aliphatic hydroxyl groups excluding tert-OH is 1. The fourth-order valence-electron chi connectivity index (χ4n) is 1.53. The van der Waals surface area contributed by atoms with E-state index in [2.05, 4.69) is 28.2 Å². The molecule has 0 saturated carbocycles. The third kappa shape index (κ3) is 6.27. The van der Waals surface area contributed by atoms with Gasteiger partial charge in [0.2, 0.25) is 0 Å². The van der Waals surface area contributed by atoms with Crippen molar-refractivity contribution in [1.29, 1.82) is 0 Å². The van der Waals surface area contributed by atoms with Crippen LogP contribution < -0.4 is 10.1 Å². The van der Waals surface area contributed by atoms with Gasteiger partial charge in [-0.1, -0.05) is 13.3 Å². The highest BCUT2D eigenvalue weighted by Crippen LogP contribution is 2.27. The molecule has 1 atom stereocenters. The van der Waals surface area contributed by atoms with Gasteiger partial charge < -0.3 is 19.9 Å². The average molecular weight is 332 g/mol. The minimum Gasteiger partial charge on any atom is -0.495 e. The summed E-state index contributed by atoms with van der Waals surface area (Å²) < 4.78 is 11.5.